The predicted octanol–water partition coefficient (Wildman–Crippen LogP) is 2.54. The summed E-state index contributed by atoms with van der Waals surface area (Å²) in [7, 11) is -1.76. The van der Waals surface area contributed by atoms with Crippen LogP contribution in [0.5, 0.6) is 0 Å². The van der Waals surface area contributed by atoms with Gasteiger partial charge < -0.3 is 20.3 Å². The van der Waals surface area contributed by atoms with Crippen LogP contribution >= 0.6 is 0 Å². The van der Waals surface area contributed by atoms with Gasteiger partial charge in [0, 0.05) is 50.6 Å². The molecule has 1 aliphatic carbocycles. The second-order valence-corrected chi connectivity index (χ2v) is 11.8. The SMILES string of the molecule is COCC1CN(C(=N)c2cnc(Nc3ccnc(-c4cnn(S(=O)(=O)C5CC5)c4)n3)cc2NC(C)C)C1. The maximum absolute atomic E-state index is 12.5. The molecule has 5 rings (SSSR count). The van der Waals surface area contributed by atoms with Gasteiger partial charge in [0.15, 0.2) is 5.82 Å². The third-order valence-corrected chi connectivity index (χ3v) is 8.25. The second-order valence-electron chi connectivity index (χ2n) is 9.73. The molecular weight excluding hydrogens is 494 g/mol. The largest absolute Gasteiger partial charge is 0.384 e. The third kappa shape index (κ3) is 5.42. The summed E-state index contributed by atoms with van der Waals surface area (Å²) in [5.41, 5.74) is 2.03. The lowest BCUT2D eigenvalue weighted by Gasteiger charge is -2.41. The van der Waals surface area contributed by atoms with Crippen LogP contribution in [0.3, 0.4) is 0 Å². The van der Waals surface area contributed by atoms with E-state index in [0.29, 0.717) is 54.2 Å². The molecule has 12 nitrogen and oxygen atoms in total. The average Bonchev–Trinajstić information content (AvgIpc) is 3.58. The zero-order chi connectivity index (χ0) is 26.2. The number of likely N-dealkylation sites (tertiary alicyclic amines) is 1. The van der Waals surface area contributed by atoms with Crippen LogP contribution in [0.4, 0.5) is 17.3 Å². The Hall–Kier alpha value is -3.58. The molecule has 2 fully saturated rings. The van der Waals surface area contributed by atoms with E-state index in [0.717, 1.165) is 28.4 Å². The van der Waals surface area contributed by atoms with Gasteiger partial charge in [0.2, 0.25) is 0 Å². The molecule has 0 unspecified atom stereocenters. The molecule has 2 aliphatic rings. The highest BCUT2D eigenvalue weighted by Gasteiger charge is 2.37. The smallest absolute Gasteiger partial charge is 0.256 e. The molecule has 3 N–H and O–H groups in total. The minimum absolute atomic E-state index is 0.161. The van der Waals surface area contributed by atoms with E-state index in [1.165, 1.54) is 12.4 Å². The van der Waals surface area contributed by atoms with Crippen LogP contribution in [0.1, 0.15) is 32.3 Å². The van der Waals surface area contributed by atoms with Crippen molar-refractivity contribution in [2.24, 2.45) is 5.92 Å². The maximum Gasteiger partial charge on any atom is 0.256 e. The summed E-state index contributed by atoms with van der Waals surface area (Å²) < 4.78 is 31.1. The quantitative estimate of drug-likeness (QED) is 0.266. The molecule has 0 atom stereocenters. The number of hydrogen-bond donors (Lipinski definition) is 3. The van der Waals surface area contributed by atoms with Crippen LogP contribution in [0.2, 0.25) is 0 Å². The van der Waals surface area contributed by atoms with E-state index in [-0.39, 0.29) is 11.3 Å². The van der Waals surface area contributed by atoms with Gasteiger partial charge in [-0.15, -0.1) is 0 Å². The van der Waals surface area contributed by atoms with Gasteiger partial charge in [0.05, 0.1) is 41.1 Å². The van der Waals surface area contributed by atoms with E-state index >= 15 is 0 Å². The average molecular weight is 526 g/mol. The lowest BCUT2D eigenvalue weighted by atomic mass is 9.99. The molecular formula is C24H31N9O3S. The van der Waals surface area contributed by atoms with Crippen LogP contribution in [0, 0.1) is 11.3 Å². The fourth-order valence-electron chi connectivity index (χ4n) is 4.18. The van der Waals surface area contributed by atoms with Gasteiger partial charge in [-0.1, -0.05) is 0 Å². The Morgan fingerprint density at radius 2 is 2.00 bits per heavy atom. The standard InChI is InChI=1S/C24H31N9O3S/c1-15(2)29-20-8-22(27-10-19(20)23(25)32-11-16(12-32)14-36-3)30-21-6-7-26-24(31-21)17-9-28-33(13-17)37(34,35)18-4-5-18/h6-10,13,15-16,18,25H,4-5,11-12,14H2,1-3H3,(H2,26,27,29,30,31). The van der Waals surface area contributed by atoms with Gasteiger partial charge in [0.25, 0.3) is 10.0 Å². The summed E-state index contributed by atoms with van der Waals surface area (Å²) in [5, 5.41) is 19.0. The van der Waals surface area contributed by atoms with Gasteiger partial charge in [-0.2, -0.15) is 9.19 Å². The maximum atomic E-state index is 12.5. The first kappa shape index (κ1) is 25.1. The Kier molecular flexibility index (Phi) is 6.82. The predicted molar refractivity (Wildman–Crippen MR) is 141 cm³/mol. The van der Waals surface area contributed by atoms with E-state index in [9.17, 15) is 8.42 Å². The number of nitrogens with one attached hydrogen (secondary N) is 3. The first-order valence-electron chi connectivity index (χ1n) is 12.2. The first-order valence-corrected chi connectivity index (χ1v) is 13.7. The first-order chi connectivity index (χ1) is 17.7. The molecule has 0 amide bonds. The van der Waals surface area contributed by atoms with E-state index < -0.39 is 10.0 Å². The molecule has 4 heterocycles. The summed E-state index contributed by atoms with van der Waals surface area (Å²) in [4.78, 5) is 15.3. The van der Waals surface area contributed by atoms with E-state index in [1.54, 1.807) is 25.6 Å². The molecule has 1 saturated heterocycles. The minimum Gasteiger partial charge on any atom is -0.384 e. The van der Waals surface area contributed by atoms with Crippen molar-refractivity contribution in [2.45, 2.75) is 38.0 Å². The highest BCUT2D eigenvalue weighted by Crippen LogP contribution is 2.30. The zero-order valence-electron chi connectivity index (χ0n) is 21.0. The van der Waals surface area contributed by atoms with Crippen LogP contribution < -0.4 is 10.6 Å². The lowest BCUT2D eigenvalue weighted by Crippen LogP contribution is -2.51. The van der Waals surface area contributed by atoms with Crippen molar-refractivity contribution in [2.75, 3.05) is 37.4 Å². The number of anilines is 3. The number of nitrogens with zero attached hydrogens (tertiary/aromatic N) is 6. The van der Waals surface area contributed by atoms with E-state index in [2.05, 4.69) is 30.7 Å². The lowest BCUT2D eigenvalue weighted by molar-refractivity contribution is 0.0755. The summed E-state index contributed by atoms with van der Waals surface area (Å²) >= 11 is 0. The summed E-state index contributed by atoms with van der Waals surface area (Å²) in [6.07, 6.45) is 7.51. The van der Waals surface area contributed by atoms with Crippen molar-refractivity contribution in [3.63, 3.8) is 0 Å². The van der Waals surface area contributed by atoms with Gasteiger partial charge >= 0.3 is 0 Å². The highest BCUT2D eigenvalue weighted by molar-refractivity contribution is 7.90. The van der Waals surface area contributed by atoms with E-state index in [1.807, 2.05) is 24.8 Å². The molecule has 13 heteroatoms. The number of hydrogen-bond acceptors (Lipinski definition) is 10. The molecule has 1 saturated carbocycles. The molecule has 3 aromatic heterocycles. The fraction of sp³-hybridized carbons (Fsp3) is 0.458. The molecule has 37 heavy (non-hydrogen) atoms. The molecule has 0 spiro atoms. The summed E-state index contributed by atoms with van der Waals surface area (Å²) in [5.74, 6) is 2.27. The topological polar surface area (TPSA) is 151 Å². The van der Waals surface area contributed by atoms with Gasteiger partial charge in [-0.05, 0) is 32.8 Å². The zero-order valence-corrected chi connectivity index (χ0v) is 21.9. The molecule has 1 aliphatic heterocycles. The van der Waals surface area contributed by atoms with Crippen LogP contribution in [0.15, 0.2) is 36.9 Å². The van der Waals surface area contributed by atoms with Crippen molar-refractivity contribution in [1.82, 2.24) is 29.0 Å². The van der Waals surface area contributed by atoms with Crippen molar-refractivity contribution < 1.29 is 13.2 Å². The molecule has 0 aromatic carbocycles. The van der Waals surface area contributed by atoms with Gasteiger partial charge in [-0.25, -0.2) is 23.4 Å². The Morgan fingerprint density at radius 3 is 2.70 bits per heavy atom. The number of amidine groups is 1. The normalized spacial score (nSPS) is 16.1. The number of methoxy groups -OCH3 is 1. The van der Waals surface area contributed by atoms with Crippen molar-refractivity contribution in [1.29, 1.82) is 5.41 Å². The summed E-state index contributed by atoms with van der Waals surface area (Å²) in [6, 6.07) is 3.73. The highest BCUT2D eigenvalue weighted by atomic mass is 32.2. The van der Waals surface area contributed by atoms with Crippen LogP contribution in [-0.2, 0) is 14.8 Å². The molecule has 0 bridgehead atoms. The van der Waals surface area contributed by atoms with Crippen molar-refractivity contribution in [3.8, 4) is 11.4 Å². The molecule has 196 valence electrons. The van der Waals surface area contributed by atoms with Crippen LogP contribution in [-0.4, -0.2) is 81.4 Å². The number of ether oxygens (including phenoxy) is 1. The molecule has 0 radical (unpaired) electrons. The minimum atomic E-state index is -3.46. The Labute approximate surface area is 216 Å². The summed E-state index contributed by atoms with van der Waals surface area (Å²) in [6.45, 7) is 6.35. The second kappa shape index (κ2) is 10.1. The van der Waals surface area contributed by atoms with Gasteiger partial charge in [-0.3, -0.25) is 5.41 Å². The number of rotatable bonds is 10. The number of pyridine rings is 1. The van der Waals surface area contributed by atoms with Crippen molar-refractivity contribution >= 4 is 33.2 Å². The third-order valence-electron chi connectivity index (χ3n) is 6.22. The number of aromatic nitrogens is 5. The van der Waals surface area contributed by atoms with Gasteiger partial charge in [0.1, 0.15) is 17.5 Å². The Balaban J connectivity index is 1.34. The Morgan fingerprint density at radius 1 is 1.22 bits per heavy atom. The Bertz CT molecular complexity index is 1400. The van der Waals surface area contributed by atoms with E-state index in [4.69, 9.17) is 10.1 Å². The fourth-order valence-corrected chi connectivity index (χ4v) is 5.66. The molecule has 3 aromatic rings. The van der Waals surface area contributed by atoms with Crippen molar-refractivity contribution in [3.05, 3.63) is 42.5 Å². The van der Waals surface area contributed by atoms with Crippen LogP contribution in [0.25, 0.3) is 11.4 Å². The monoisotopic (exact) mass is 525 g/mol.